The van der Waals surface area contributed by atoms with E-state index in [1.807, 2.05) is 20.8 Å². The van der Waals surface area contributed by atoms with Crippen molar-refractivity contribution in [3.8, 4) is 5.75 Å². The average Bonchev–Trinajstić information content (AvgIpc) is 2.48. The van der Waals surface area contributed by atoms with Crippen LogP contribution in [0.3, 0.4) is 0 Å². The van der Waals surface area contributed by atoms with Gasteiger partial charge in [0.15, 0.2) is 17.7 Å². The van der Waals surface area contributed by atoms with E-state index in [1.165, 1.54) is 4.90 Å². The molecule has 0 spiro atoms. The average molecular weight is 306 g/mol. The van der Waals surface area contributed by atoms with E-state index in [4.69, 9.17) is 10.5 Å². The van der Waals surface area contributed by atoms with Crippen LogP contribution >= 0.6 is 0 Å². The summed E-state index contributed by atoms with van der Waals surface area (Å²) in [6.45, 7) is 6.34. The number of ether oxygens (including phenoxy) is 1. The molecular formula is C15H22N4O3. The van der Waals surface area contributed by atoms with Gasteiger partial charge in [-0.25, -0.2) is 4.98 Å². The van der Waals surface area contributed by atoms with Gasteiger partial charge in [0, 0.05) is 6.54 Å². The Morgan fingerprint density at radius 1 is 1.50 bits per heavy atom. The molecule has 1 aliphatic heterocycles. The highest BCUT2D eigenvalue weighted by atomic mass is 16.5. The topological polar surface area (TPSA) is 97.6 Å². The summed E-state index contributed by atoms with van der Waals surface area (Å²) in [7, 11) is 0. The second-order valence-electron chi connectivity index (χ2n) is 5.69. The standard InChI is InChI=1S/C15H22N4O3/c1-4-10-15(21)19(8-13(20)17-7-9(2)3)14-11(22-10)5-6-12(16)18-14/h5-6,9-10H,4,7-8H2,1-3H3,(H2,16,18)(H,17,20). The molecule has 3 N–H and O–H groups in total. The molecule has 0 aromatic carbocycles. The quantitative estimate of drug-likeness (QED) is 0.843. The number of anilines is 2. The Balaban J connectivity index is 2.22. The molecule has 2 heterocycles. The first-order valence-corrected chi connectivity index (χ1v) is 7.43. The smallest absolute Gasteiger partial charge is 0.269 e. The number of rotatable bonds is 5. The van der Waals surface area contributed by atoms with Crippen molar-refractivity contribution < 1.29 is 14.3 Å². The van der Waals surface area contributed by atoms with Crippen molar-refractivity contribution in [2.75, 3.05) is 23.7 Å². The van der Waals surface area contributed by atoms with Crippen molar-refractivity contribution in [1.29, 1.82) is 0 Å². The summed E-state index contributed by atoms with van der Waals surface area (Å²) in [6.07, 6.45) is -0.0805. The largest absolute Gasteiger partial charge is 0.477 e. The van der Waals surface area contributed by atoms with Crippen LogP contribution in [0.1, 0.15) is 27.2 Å². The predicted octanol–water partition coefficient (Wildman–Crippen LogP) is 0.940. The maximum atomic E-state index is 12.4. The lowest BCUT2D eigenvalue weighted by Crippen LogP contribution is -2.50. The van der Waals surface area contributed by atoms with Crippen LogP contribution in [0.5, 0.6) is 5.75 Å². The van der Waals surface area contributed by atoms with Crippen molar-refractivity contribution >= 4 is 23.5 Å². The molecule has 0 bridgehead atoms. The summed E-state index contributed by atoms with van der Waals surface area (Å²) in [4.78, 5) is 30.0. The second-order valence-corrected chi connectivity index (χ2v) is 5.69. The molecule has 0 saturated carbocycles. The minimum atomic E-state index is -0.601. The summed E-state index contributed by atoms with van der Waals surface area (Å²) >= 11 is 0. The highest BCUT2D eigenvalue weighted by molar-refractivity contribution is 6.03. The van der Waals surface area contributed by atoms with E-state index in [2.05, 4.69) is 10.3 Å². The van der Waals surface area contributed by atoms with E-state index in [1.54, 1.807) is 12.1 Å². The lowest BCUT2D eigenvalue weighted by atomic mass is 10.2. The molecule has 0 aliphatic carbocycles. The number of pyridine rings is 1. The Morgan fingerprint density at radius 3 is 2.86 bits per heavy atom. The fourth-order valence-electron chi connectivity index (χ4n) is 2.15. The molecule has 1 unspecified atom stereocenters. The number of fused-ring (bicyclic) bond motifs is 1. The maximum Gasteiger partial charge on any atom is 0.269 e. The van der Waals surface area contributed by atoms with Crippen LogP contribution < -0.4 is 20.7 Å². The van der Waals surface area contributed by atoms with Gasteiger partial charge < -0.3 is 15.8 Å². The summed E-state index contributed by atoms with van der Waals surface area (Å²) in [6, 6.07) is 3.28. The molecule has 1 aromatic rings. The summed E-state index contributed by atoms with van der Waals surface area (Å²) in [5.74, 6) is 0.889. The van der Waals surface area contributed by atoms with E-state index in [0.717, 1.165) is 0 Å². The lowest BCUT2D eigenvalue weighted by Gasteiger charge is -2.32. The van der Waals surface area contributed by atoms with Gasteiger partial charge in [-0.3, -0.25) is 14.5 Å². The summed E-state index contributed by atoms with van der Waals surface area (Å²) < 4.78 is 5.62. The molecule has 1 aromatic heterocycles. The highest BCUT2D eigenvalue weighted by Crippen LogP contribution is 2.33. The number of amides is 2. The molecule has 2 amide bonds. The number of carbonyl (C=O) groups excluding carboxylic acids is 2. The van der Waals surface area contributed by atoms with E-state index in [0.29, 0.717) is 30.5 Å². The molecule has 2 rings (SSSR count). The third-order valence-electron chi connectivity index (χ3n) is 3.31. The van der Waals surface area contributed by atoms with E-state index in [9.17, 15) is 9.59 Å². The van der Waals surface area contributed by atoms with Crippen molar-refractivity contribution in [3.63, 3.8) is 0 Å². The van der Waals surface area contributed by atoms with Gasteiger partial charge in [-0.05, 0) is 24.5 Å². The Kier molecular flexibility index (Phi) is 4.85. The van der Waals surface area contributed by atoms with Crippen LogP contribution in [0.15, 0.2) is 12.1 Å². The zero-order valence-corrected chi connectivity index (χ0v) is 13.1. The Labute approximate surface area is 129 Å². The summed E-state index contributed by atoms with van der Waals surface area (Å²) in [5, 5.41) is 2.80. The minimum absolute atomic E-state index is 0.0884. The number of nitrogen functional groups attached to an aromatic ring is 1. The zero-order valence-electron chi connectivity index (χ0n) is 13.1. The van der Waals surface area contributed by atoms with Gasteiger partial charge in [-0.15, -0.1) is 0 Å². The van der Waals surface area contributed by atoms with E-state index in [-0.39, 0.29) is 24.2 Å². The molecular weight excluding hydrogens is 284 g/mol. The lowest BCUT2D eigenvalue weighted by molar-refractivity contribution is -0.129. The van der Waals surface area contributed by atoms with Crippen LogP contribution in [-0.2, 0) is 9.59 Å². The highest BCUT2D eigenvalue weighted by Gasteiger charge is 2.35. The van der Waals surface area contributed by atoms with E-state index >= 15 is 0 Å². The van der Waals surface area contributed by atoms with Gasteiger partial charge >= 0.3 is 0 Å². The molecule has 1 aliphatic rings. The van der Waals surface area contributed by atoms with Crippen molar-refractivity contribution in [2.45, 2.75) is 33.3 Å². The monoisotopic (exact) mass is 306 g/mol. The third kappa shape index (κ3) is 3.47. The normalized spacial score (nSPS) is 17.2. The molecule has 1 atom stereocenters. The van der Waals surface area contributed by atoms with Gasteiger partial charge in [-0.1, -0.05) is 20.8 Å². The number of nitrogens with one attached hydrogen (secondary N) is 1. The van der Waals surface area contributed by atoms with Gasteiger partial charge in [-0.2, -0.15) is 0 Å². The number of hydrogen-bond acceptors (Lipinski definition) is 5. The van der Waals surface area contributed by atoms with Crippen LogP contribution in [0, 0.1) is 5.92 Å². The third-order valence-corrected chi connectivity index (χ3v) is 3.31. The number of carbonyl (C=O) groups is 2. The fraction of sp³-hybridized carbons (Fsp3) is 0.533. The van der Waals surface area contributed by atoms with Crippen LogP contribution in [0.25, 0.3) is 0 Å². The van der Waals surface area contributed by atoms with Crippen LogP contribution in [-0.4, -0.2) is 36.0 Å². The first-order valence-electron chi connectivity index (χ1n) is 7.43. The fourth-order valence-corrected chi connectivity index (χ4v) is 2.15. The predicted molar refractivity (Wildman–Crippen MR) is 83.6 cm³/mol. The van der Waals surface area contributed by atoms with Gasteiger partial charge in [0.25, 0.3) is 5.91 Å². The first-order chi connectivity index (χ1) is 10.4. The Bertz CT molecular complexity index is 574. The molecule has 7 nitrogen and oxygen atoms in total. The van der Waals surface area contributed by atoms with Crippen molar-refractivity contribution in [1.82, 2.24) is 10.3 Å². The zero-order chi connectivity index (χ0) is 16.3. The Morgan fingerprint density at radius 2 is 2.23 bits per heavy atom. The summed E-state index contributed by atoms with van der Waals surface area (Å²) in [5.41, 5.74) is 5.68. The molecule has 0 fully saturated rings. The number of nitrogens with zero attached hydrogens (tertiary/aromatic N) is 2. The second kappa shape index (κ2) is 6.64. The Hall–Kier alpha value is -2.31. The molecule has 0 saturated heterocycles. The maximum absolute atomic E-state index is 12.4. The van der Waals surface area contributed by atoms with Crippen molar-refractivity contribution in [2.24, 2.45) is 5.92 Å². The number of aromatic nitrogens is 1. The molecule has 120 valence electrons. The number of nitrogens with two attached hydrogens (primary N) is 1. The van der Waals surface area contributed by atoms with Crippen LogP contribution in [0.2, 0.25) is 0 Å². The van der Waals surface area contributed by atoms with Gasteiger partial charge in [0.1, 0.15) is 12.4 Å². The number of hydrogen-bond donors (Lipinski definition) is 2. The SMILES string of the molecule is CCC1Oc2ccc(N)nc2N(CC(=O)NCC(C)C)C1=O. The molecule has 0 radical (unpaired) electrons. The minimum Gasteiger partial charge on any atom is -0.477 e. The van der Waals surface area contributed by atoms with Gasteiger partial charge in [0.05, 0.1) is 0 Å². The molecule has 22 heavy (non-hydrogen) atoms. The van der Waals surface area contributed by atoms with E-state index < -0.39 is 6.10 Å². The van der Waals surface area contributed by atoms with Crippen molar-refractivity contribution in [3.05, 3.63) is 12.1 Å². The molecule has 7 heteroatoms. The first kappa shape index (κ1) is 16.1. The van der Waals surface area contributed by atoms with Crippen LogP contribution in [0.4, 0.5) is 11.6 Å². The van der Waals surface area contributed by atoms with Gasteiger partial charge in [0.2, 0.25) is 5.91 Å².